The Morgan fingerprint density at radius 1 is 1.44 bits per heavy atom. The summed E-state index contributed by atoms with van der Waals surface area (Å²) in [6.45, 7) is 0. The summed E-state index contributed by atoms with van der Waals surface area (Å²) in [4.78, 5) is 0. The second kappa shape index (κ2) is 3.57. The van der Waals surface area contributed by atoms with Crippen LogP contribution in [0.3, 0.4) is 0 Å². The molecule has 0 saturated heterocycles. The van der Waals surface area contributed by atoms with Gasteiger partial charge in [0, 0.05) is 11.5 Å². The Bertz CT molecular complexity index is 617. The van der Waals surface area contributed by atoms with E-state index in [0.717, 1.165) is 11.1 Å². The minimum Gasteiger partial charge on any atom is -0.248 e. The van der Waals surface area contributed by atoms with Crippen LogP contribution < -0.4 is 0 Å². The molecule has 1 aliphatic carbocycles. The Kier molecular flexibility index (Phi) is 2.19. The van der Waals surface area contributed by atoms with Gasteiger partial charge in [0.15, 0.2) is 0 Å². The molecule has 1 aromatic heterocycles. The lowest BCUT2D eigenvalue weighted by Crippen LogP contribution is -1.80. The smallest absolute Gasteiger partial charge is 0.240 e. The van der Waals surface area contributed by atoms with Crippen LogP contribution in [0.4, 0.5) is 4.39 Å². The third-order valence-electron chi connectivity index (χ3n) is 2.66. The zero-order chi connectivity index (χ0) is 11.1. The van der Waals surface area contributed by atoms with Crippen molar-refractivity contribution in [1.82, 2.24) is 9.55 Å². The van der Waals surface area contributed by atoms with Gasteiger partial charge in [0.25, 0.3) is 0 Å². The fraction of sp³-hybridized carbons (Fsp3) is 0.250. The van der Waals surface area contributed by atoms with Gasteiger partial charge in [-0.15, -0.1) is 5.10 Å². The third-order valence-corrected chi connectivity index (χ3v) is 3.05. The molecule has 1 unspecified atom stereocenters. The average Bonchev–Trinajstić information content (AvgIpc) is 3.05. The first-order valence-corrected chi connectivity index (χ1v) is 5.70. The van der Waals surface area contributed by atoms with Gasteiger partial charge in [0.1, 0.15) is 0 Å². The molecule has 4 heteroatoms. The fourth-order valence-corrected chi connectivity index (χ4v) is 1.92. The Morgan fingerprint density at radius 2 is 2.25 bits per heavy atom. The molecular formula is C12H10FN2P. The monoisotopic (exact) mass is 232 g/mol. The van der Waals surface area contributed by atoms with Crippen molar-refractivity contribution in [2.75, 3.05) is 0 Å². The van der Waals surface area contributed by atoms with E-state index in [-0.39, 0.29) is 0 Å². The van der Waals surface area contributed by atoms with E-state index in [1.54, 1.807) is 6.07 Å². The van der Waals surface area contributed by atoms with Gasteiger partial charge in [-0.3, -0.25) is 0 Å². The van der Waals surface area contributed by atoms with E-state index in [4.69, 9.17) is 0 Å². The highest BCUT2D eigenvalue weighted by molar-refractivity contribution is 7.14. The first kappa shape index (κ1) is 9.81. The Morgan fingerprint density at radius 3 is 3.00 bits per heavy atom. The lowest BCUT2D eigenvalue weighted by atomic mass is 10.1. The Hall–Kier alpha value is -1.39. The van der Waals surface area contributed by atoms with Crippen molar-refractivity contribution in [3.8, 4) is 11.8 Å². The van der Waals surface area contributed by atoms with E-state index in [9.17, 15) is 4.39 Å². The molecule has 0 amide bonds. The average molecular weight is 232 g/mol. The zero-order valence-corrected chi connectivity index (χ0v) is 9.73. The molecule has 0 bridgehead atoms. The Labute approximate surface area is 95.1 Å². The van der Waals surface area contributed by atoms with E-state index < -0.39 is 5.95 Å². The Balaban J connectivity index is 2.08. The highest BCUT2D eigenvalue weighted by Gasteiger charge is 2.17. The van der Waals surface area contributed by atoms with Crippen molar-refractivity contribution in [3.05, 3.63) is 29.7 Å². The van der Waals surface area contributed by atoms with Gasteiger partial charge in [-0.2, -0.15) is 4.39 Å². The number of hydrogen-bond acceptors (Lipinski definition) is 1. The summed E-state index contributed by atoms with van der Waals surface area (Å²) in [5, 5.41) is 4.23. The second-order valence-electron chi connectivity index (χ2n) is 4.01. The molecule has 3 rings (SSSR count). The SMILES string of the molecule is Fc1nn(P)c2ccc(C#CC3CC3)cc12. The summed E-state index contributed by atoms with van der Waals surface area (Å²) in [7, 11) is 2.36. The molecular weight excluding hydrogens is 222 g/mol. The first-order chi connectivity index (χ1) is 7.74. The molecule has 1 heterocycles. The van der Waals surface area contributed by atoms with Crippen LogP contribution in [0.2, 0.25) is 0 Å². The fourth-order valence-electron chi connectivity index (χ4n) is 1.59. The largest absolute Gasteiger partial charge is 0.248 e. The summed E-state index contributed by atoms with van der Waals surface area (Å²) in [5.74, 6) is 6.35. The van der Waals surface area contributed by atoms with E-state index in [1.807, 2.05) is 12.1 Å². The van der Waals surface area contributed by atoms with Crippen LogP contribution in [0.5, 0.6) is 0 Å². The predicted octanol–water partition coefficient (Wildman–Crippen LogP) is 2.58. The quantitative estimate of drug-likeness (QED) is 0.504. The van der Waals surface area contributed by atoms with Crippen molar-refractivity contribution >= 4 is 20.3 Å². The van der Waals surface area contributed by atoms with E-state index in [1.165, 1.54) is 17.3 Å². The van der Waals surface area contributed by atoms with Crippen molar-refractivity contribution < 1.29 is 4.39 Å². The standard InChI is InChI=1S/C12H10FN2P/c13-12-10-7-9(4-3-8-1-2-8)5-6-11(10)15(16)14-12/h5-8H,1-2,16H2. The van der Waals surface area contributed by atoms with E-state index >= 15 is 0 Å². The van der Waals surface area contributed by atoms with Crippen LogP contribution in [0.15, 0.2) is 18.2 Å². The minimum atomic E-state index is -0.444. The van der Waals surface area contributed by atoms with E-state index in [0.29, 0.717) is 11.3 Å². The van der Waals surface area contributed by atoms with Crippen molar-refractivity contribution in [2.24, 2.45) is 5.92 Å². The molecule has 1 aromatic carbocycles. The molecule has 2 aromatic rings. The number of fused-ring (bicyclic) bond motifs is 1. The summed E-state index contributed by atoms with van der Waals surface area (Å²) >= 11 is 0. The molecule has 0 spiro atoms. The van der Waals surface area contributed by atoms with Gasteiger partial charge in [-0.1, -0.05) is 11.8 Å². The van der Waals surface area contributed by atoms with Crippen LogP contribution in [-0.2, 0) is 0 Å². The molecule has 1 atom stereocenters. The maximum Gasteiger partial charge on any atom is 0.240 e. The molecule has 16 heavy (non-hydrogen) atoms. The van der Waals surface area contributed by atoms with Crippen LogP contribution in [0, 0.1) is 23.7 Å². The highest BCUT2D eigenvalue weighted by Crippen LogP contribution is 2.28. The topological polar surface area (TPSA) is 17.8 Å². The molecule has 1 saturated carbocycles. The van der Waals surface area contributed by atoms with Crippen LogP contribution in [-0.4, -0.2) is 9.55 Å². The summed E-state index contributed by atoms with van der Waals surface area (Å²) in [5.41, 5.74) is 1.62. The number of hydrogen-bond donors (Lipinski definition) is 0. The maximum atomic E-state index is 13.4. The molecule has 0 radical (unpaired) electrons. The lowest BCUT2D eigenvalue weighted by molar-refractivity contribution is 0.583. The number of nitrogens with zero attached hydrogens (tertiary/aromatic N) is 2. The molecule has 0 aliphatic heterocycles. The van der Waals surface area contributed by atoms with Crippen molar-refractivity contribution in [3.63, 3.8) is 0 Å². The van der Waals surface area contributed by atoms with Crippen molar-refractivity contribution in [1.29, 1.82) is 0 Å². The predicted molar refractivity (Wildman–Crippen MR) is 64.4 cm³/mol. The first-order valence-electron chi connectivity index (χ1n) is 5.19. The third kappa shape index (κ3) is 1.70. The number of halogens is 1. The van der Waals surface area contributed by atoms with Gasteiger partial charge < -0.3 is 0 Å². The maximum absolute atomic E-state index is 13.4. The zero-order valence-electron chi connectivity index (χ0n) is 8.57. The second-order valence-corrected chi connectivity index (χ2v) is 4.50. The van der Waals surface area contributed by atoms with Crippen molar-refractivity contribution in [2.45, 2.75) is 12.8 Å². The van der Waals surface area contributed by atoms with Crippen LogP contribution >= 0.6 is 9.39 Å². The molecule has 0 N–H and O–H groups in total. The molecule has 80 valence electrons. The normalized spacial score (nSPS) is 14.9. The minimum absolute atomic E-state index is 0.444. The summed E-state index contributed by atoms with van der Waals surface area (Å²) in [6, 6.07) is 5.50. The number of rotatable bonds is 0. The lowest BCUT2D eigenvalue weighted by Gasteiger charge is -1.93. The molecule has 1 fully saturated rings. The van der Waals surface area contributed by atoms with Crippen LogP contribution in [0.1, 0.15) is 18.4 Å². The van der Waals surface area contributed by atoms with Gasteiger partial charge in [0.05, 0.1) is 10.9 Å². The number of aromatic nitrogens is 2. The van der Waals surface area contributed by atoms with Gasteiger partial charge in [-0.25, -0.2) is 4.45 Å². The molecule has 1 aliphatic rings. The van der Waals surface area contributed by atoms with Gasteiger partial charge >= 0.3 is 0 Å². The molecule has 2 nitrogen and oxygen atoms in total. The van der Waals surface area contributed by atoms with Gasteiger partial charge in [-0.05, 0) is 40.4 Å². The van der Waals surface area contributed by atoms with Gasteiger partial charge in [0.2, 0.25) is 5.95 Å². The highest BCUT2D eigenvalue weighted by atomic mass is 31.0. The number of benzene rings is 1. The summed E-state index contributed by atoms with van der Waals surface area (Å²) < 4.78 is 14.9. The summed E-state index contributed by atoms with van der Waals surface area (Å²) in [6.07, 6.45) is 2.40. The van der Waals surface area contributed by atoms with E-state index in [2.05, 4.69) is 26.3 Å². The van der Waals surface area contributed by atoms with Crippen LogP contribution in [0.25, 0.3) is 10.9 Å².